The molecule has 1 aliphatic heterocycles. The molecule has 1 aromatic rings. The largest absolute Gasteiger partial charge is 0.472 e. The summed E-state index contributed by atoms with van der Waals surface area (Å²) in [5, 5.41) is 0. The SMILES string of the molecule is [2H]C1([2H])C(Oc2ccc(C(F)(F)F)cn2)[C@@H]2C[C@H]1[C@@H](C)N2C(=O)OC(C)(C)C. The second-order valence-electron chi connectivity index (χ2n) is 7.63. The maximum atomic E-state index is 12.7. The van der Waals surface area contributed by atoms with E-state index < -0.39 is 47.9 Å². The van der Waals surface area contributed by atoms with E-state index in [1.54, 1.807) is 27.7 Å². The van der Waals surface area contributed by atoms with E-state index in [0.717, 1.165) is 12.1 Å². The Morgan fingerprint density at radius 2 is 2.04 bits per heavy atom. The first-order valence-corrected chi connectivity index (χ1v) is 8.43. The Labute approximate surface area is 153 Å². The average molecular weight is 374 g/mol. The van der Waals surface area contributed by atoms with Crippen molar-refractivity contribution in [2.24, 2.45) is 5.92 Å². The average Bonchev–Trinajstić information content (AvgIpc) is 2.99. The zero-order chi connectivity index (χ0) is 21.1. The second kappa shape index (κ2) is 6.32. The first-order valence-electron chi connectivity index (χ1n) is 9.43. The predicted molar refractivity (Wildman–Crippen MR) is 87.7 cm³/mol. The maximum Gasteiger partial charge on any atom is 0.417 e. The highest BCUT2D eigenvalue weighted by Crippen LogP contribution is 2.44. The van der Waals surface area contributed by atoms with Crippen LogP contribution < -0.4 is 4.74 Å². The molecule has 1 unspecified atom stereocenters. The number of alkyl halides is 3. The van der Waals surface area contributed by atoms with Crippen molar-refractivity contribution in [2.45, 2.75) is 70.5 Å². The summed E-state index contributed by atoms with van der Waals surface area (Å²) in [4.78, 5) is 17.8. The Balaban J connectivity index is 1.81. The Morgan fingerprint density at radius 3 is 2.54 bits per heavy atom. The summed E-state index contributed by atoms with van der Waals surface area (Å²) in [6.07, 6.45) is -6.85. The molecule has 2 bridgehead atoms. The molecule has 144 valence electrons. The Morgan fingerprint density at radius 1 is 1.35 bits per heavy atom. The van der Waals surface area contributed by atoms with Gasteiger partial charge in [0.2, 0.25) is 5.88 Å². The van der Waals surface area contributed by atoms with Crippen LogP contribution in [0.25, 0.3) is 0 Å². The number of ether oxygens (including phenoxy) is 2. The Bertz CT molecular complexity index is 750. The number of carbonyl (C=O) groups excluding carboxylic acids is 1. The van der Waals surface area contributed by atoms with Gasteiger partial charge >= 0.3 is 12.3 Å². The van der Waals surface area contributed by atoms with Crippen molar-refractivity contribution in [3.8, 4) is 5.88 Å². The zero-order valence-corrected chi connectivity index (χ0v) is 15.0. The van der Waals surface area contributed by atoms with Gasteiger partial charge < -0.3 is 9.47 Å². The van der Waals surface area contributed by atoms with E-state index in [9.17, 15) is 18.0 Å². The number of hydrogen-bond acceptors (Lipinski definition) is 4. The fourth-order valence-electron chi connectivity index (χ4n) is 3.34. The molecule has 0 aromatic carbocycles. The molecule has 26 heavy (non-hydrogen) atoms. The van der Waals surface area contributed by atoms with Crippen molar-refractivity contribution >= 4 is 6.09 Å². The lowest BCUT2D eigenvalue weighted by Crippen LogP contribution is -2.52. The lowest BCUT2D eigenvalue weighted by atomic mass is 9.99. The third-order valence-electron chi connectivity index (χ3n) is 4.52. The van der Waals surface area contributed by atoms with Gasteiger partial charge in [-0.1, -0.05) is 0 Å². The van der Waals surface area contributed by atoms with Crippen LogP contribution in [0.4, 0.5) is 18.0 Å². The van der Waals surface area contributed by atoms with Crippen molar-refractivity contribution in [1.29, 1.82) is 0 Å². The molecule has 2 fully saturated rings. The van der Waals surface area contributed by atoms with E-state index >= 15 is 0 Å². The van der Waals surface area contributed by atoms with Crippen molar-refractivity contribution in [2.75, 3.05) is 0 Å². The van der Waals surface area contributed by atoms with Crippen LogP contribution in [-0.2, 0) is 10.9 Å². The van der Waals surface area contributed by atoms with Gasteiger partial charge in [-0.05, 0) is 52.5 Å². The molecule has 1 saturated heterocycles. The van der Waals surface area contributed by atoms with Crippen LogP contribution in [0.15, 0.2) is 18.3 Å². The third kappa shape index (κ3) is 3.73. The predicted octanol–water partition coefficient (Wildman–Crippen LogP) is 4.27. The quantitative estimate of drug-likeness (QED) is 0.776. The number of fused-ring (bicyclic) bond motifs is 2. The fraction of sp³-hybridized carbons (Fsp3) is 0.667. The van der Waals surface area contributed by atoms with Gasteiger partial charge in [0.25, 0.3) is 0 Å². The molecule has 1 aliphatic carbocycles. The summed E-state index contributed by atoms with van der Waals surface area (Å²) in [5.74, 6) is -0.587. The van der Waals surface area contributed by atoms with E-state index in [1.807, 2.05) is 0 Å². The molecular formula is C18H23F3N2O3. The standard InChI is InChI=1S/C18H23F3N2O3/c1-10-11-7-13(23(10)16(24)26-17(2,3)4)14(8-11)25-15-6-5-12(9-22-15)18(19,20)21/h5-6,9-11,13-14H,7-8H2,1-4H3/t10-,11-,13+,14?/m1/s1/i8D2. The van der Waals surface area contributed by atoms with Crippen LogP contribution in [0.3, 0.4) is 0 Å². The van der Waals surface area contributed by atoms with Gasteiger partial charge in [-0.3, -0.25) is 4.90 Å². The molecule has 0 spiro atoms. The van der Waals surface area contributed by atoms with Gasteiger partial charge in [-0.25, -0.2) is 9.78 Å². The molecule has 8 heteroatoms. The number of nitrogens with zero attached hydrogens (tertiary/aromatic N) is 2. The van der Waals surface area contributed by atoms with Crippen LogP contribution in [0.5, 0.6) is 5.88 Å². The first kappa shape index (κ1) is 16.2. The second-order valence-corrected chi connectivity index (χ2v) is 7.63. The summed E-state index contributed by atoms with van der Waals surface area (Å²) < 4.78 is 66.0. The number of aromatic nitrogens is 1. The summed E-state index contributed by atoms with van der Waals surface area (Å²) in [6, 6.07) is 0.926. The Hall–Kier alpha value is -1.99. The monoisotopic (exact) mass is 374 g/mol. The third-order valence-corrected chi connectivity index (χ3v) is 4.52. The minimum atomic E-state index is -4.52. The van der Waals surface area contributed by atoms with Gasteiger partial charge in [-0.2, -0.15) is 13.2 Å². The molecule has 0 radical (unpaired) electrons. The highest BCUT2D eigenvalue weighted by atomic mass is 19.4. The highest BCUT2D eigenvalue weighted by molar-refractivity contribution is 5.70. The molecule has 1 aromatic heterocycles. The van der Waals surface area contributed by atoms with E-state index in [1.165, 1.54) is 4.90 Å². The van der Waals surface area contributed by atoms with E-state index in [-0.39, 0.29) is 11.9 Å². The molecule has 1 amide bonds. The molecule has 1 saturated carbocycles. The van der Waals surface area contributed by atoms with Crippen LogP contribution in [-0.4, -0.2) is 39.8 Å². The van der Waals surface area contributed by atoms with Crippen LogP contribution in [0.2, 0.25) is 0 Å². The molecule has 5 nitrogen and oxygen atoms in total. The number of carbonyl (C=O) groups is 1. The number of rotatable bonds is 2. The van der Waals surface area contributed by atoms with Gasteiger partial charge in [0, 0.05) is 21.0 Å². The normalized spacial score (nSPS) is 31.4. The first-order chi connectivity index (χ1) is 12.7. The lowest BCUT2D eigenvalue weighted by Gasteiger charge is -2.38. The topological polar surface area (TPSA) is 51.7 Å². The molecule has 2 aliphatic rings. The molecule has 2 heterocycles. The van der Waals surface area contributed by atoms with Crippen LogP contribution in [0.1, 0.15) is 48.8 Å². The highest BCUT2D eigenvalue weighted by Gasteiger charge is 2.53. The van der Waals surface area contributed by atoms with Crippen LogP contribution >= 0.6 is 0 Å². The number of piperidine rings is 1. The summed E-state index contributed by atoms with van der Waals surface area (Å²) in [6.45, 7) is 6.98. The molecular weight excluding hydrogens is 349 g/mol. The molecule has 0 N–H and O–H groups in total. The van der Waals surface area contributed by atoms with E-state index in [4.69, 9.17) is 12.2 Å². The summed E-state index contributed by atoms with van der Waals surface area (Å²) >= 11 is 0. The minimum Gasteiger partial charge on any atom is -0.472 e. The van der Waals surface area contributed by atoms with Gasteiger partial charge in [0.1, 0.15) is 11.7 Å². The number of halogens is 3. The van der Waals surface area contributed by atoms with Crippen molar-refractivity contribution in [3.05, 3.63) is 23.9 Å². The van der Waals surface area contributed by atoms with Crippen molar-refractivity contribution in [1.82, 2.24) is 9.88 Å². The Kier molecular flexibility index (Phi) is 3.94. The van der Waals surface area contributed by atoms with Gasteiger partial charge in [0.05, 0.1) is 11.6 Å². The summed E-state index contributed by atoms with van der Waals surface area (Å²) in [5.41, 5.74) is -1.62. The lowest BCUT2D eigenvalue weighted by molar-refractivity contribution is -0.137. The number of pyridine rings is 1. The van der Waals surface area contributed by atoms with Gasteiger partial charge in [0.15, 0.2) is 0 Å². The minimum absolute atomic E-state index is 0.119. The number of likely N-dealkylation sites (tertiary alicyclic amines) is 1. The number of amides is 1. The molecule has 3 rings (SSSR count). The van der Waals surface area contributed by atoms with Crippen molar-refractivity contribution < 1.29 is 30.2 Å². The van der Waals surface area contributed by atoms with Gasteiger partial charge in [-0.15, -0.1) is 0 Å². The summed E-state index contributed by atoms with van der Waals surface area (Å²) in [7, 11) is 0. The van der Waals surface area contributed by atoms with E-state index in [2.05, 4.69) is 4.98 Å². The van der Waals surface area contributed by atoms with Crippen LogP contribution in [0, 0.1) is 5.92 Å². The zero-order valence-electron chi connectivity index (χ0n) is 17.0. The fourth-order valence-corrected chi connectivity index (χ4v) is 3.34. The van der Waals surface area contributed by atoms with E-state index in [0.29, 0.717) is 12.6 Å². The molecule has 4 atom stereocenters. The van der Waals surface area contributed by atoms with Crippen molar-refractivity contribution in [3.63, 3.8) is 0 Å². The smallest absolute Gasteiger partial charge is 0.417 e. The maximum absolute atomic E-state index is 12.7. The number of hydrogen-bond donors (Lipinski definition) is 0.